The van der Waals surface area contributed by atoms with Crippen molar-refractivity contribution < 1.29 is 14.3 Å². The van der Waals surface area contributed by atoms with Crippen LogP contribution in [-0.2, 0) is 9.59 Å². The third kappa shape index (κ3) is 2.18. The number of benzene rings is 1. The molecule has 6 nitrogen and oxygen atoms in total. The molecule has 18 heavy (non-hydrogen) atoms. The number of nitrogens with zero attached hydrogens (tertiary/aromatic N) is 3. The molecule has 0 aromatic heterocycles. The fraction of sp³-hybridized carbons (Fsp3) is 0.250. The van der Waals surface area contributed by atoms with Crippen LogP contribution < -0.4 is 4.74 Å². The third-order valence-electron chi connectivity index (χ3n) is 2.65. The van der Waals surface area contributed by atoms with Crippen molar-refractivity contribution in [1.82, 2.24) is 0 Å². The summed E-state index contributed by atoms with van der Waals surface area (Å²) in [4.78, 5) is 27.9. The number of ether oxygens (including phenoxy) is 1. The number of aliphatic imine (C=N–C) groups is 2. The van der Waals surface area contributed by atoms with Crippen LogP contribution in [0.5, 0.6) is 5.75 Å². The Hall–Kier alpha value is -2.73. The summed E-state index contributed by atoms with van der Waals surface area (Å²) in [5, 5.41) is 8.60. The van der Waals surface area contributed by atoms with Gasteiger partial charge in [0.05, 0.1) is 5.69 Å². The van der Waals surface area contributed by atoms with Crippen molar-refractivity contribution in [1.29, 1.82) is 5.26 Å². The van der Waals surface area contributed by atoms with Crippen LogP contribution >= 0.6 is 0 Å². The Labute approximate surface area is 103 Å². The van der Waals surface area contributed by atoms with Gasteiger partial charge in [0.25, 0.3) is 6.26 Å². The van der Waals surface area contributed by atoms with Crippen molar-refractivity contribution in [3.05, 3.63) is 16.7 Å². The molecule has 0 aliphatic rings. The average molecular weight is 243 g/mol. The molecule has 0 unspecified atom stereocenters. The molecule has 0 fully saturated rings. The van der Waals surface area contributed by atoms with Gasteiger partial charge in [0.2, 0.25) is 12.2 Å². The first-order valence-electron chi connectivity index (χ1n) is 4.93. The summed E-state index contributed by atoms with van der Waals surface area (Å²) >= 11 is 0. The second-order valence-corrected chi connectivity index (χ2v) is 3.50. The molecule has 0 bridgehead atoms. The van der Waals surface area contributed by atoms with Crippen LogP contribution in [0.25, 0.3) is 0 Å². The summed E-state index contributed by atoms with van der Waals surface area (Å²) in [7, 11) is 0. The van der Waals surface area contributed by atoms with Crippen LogP contribution in [0.4, 0.5) is 11.4 Å². The lowest BCUT2D eigenvalue weighted by Crippen LogP contribution is -1.94. The van der Waals surface area contributed by atoms with E-state index < -0.39 is 0 Å². The second-order valence-electron chi connectivity index (χ2n) is 3.50. The van der Waals surface area contributed by atoms with Gasteiger partial charge in [-0.25, -0.2) is 9.59 Å². The van der Waals surface area contributed by atoms with Gasteiger partial charge in [-0.2, -0.15) is 9.98 Å². The Morgan fingerprint density at radius 2 is 1.44 bits per heavy atom. The molecule has 0 atom stereocenters. The summed E-state index contributed by atoms with van der Waals surface area (Å²) < 4.78 is 4.79. The predicted molar refractivity (Wildman–Crippen MR) is 62.5 cm³/mol. The highest BCUT2D eigenvalue weighted by atomic mass is 16.5. The summed E-state index contributed by atoms with van der Waals surface area (Å²) in [6.45, 7) is 5.01. The zero-order valence-corrected chi connectivity index (χ0v) is 10.1. The highest BCUT2D eigenvalue weighted by Crippen LogP contribution is 2.42. The van der Waals surface area contributed by atoms with Crippen molar-refractivity contribution in [2.75, 3.05) is 0 Å². The largest absolute Gasteiger partial charge is 0.385 e. The first kappa shape index (κ1) is 13.3. The highest BCUT2D eigenvalue weighted by Gasteiger charge is 2.18. The summed E-state index contributed by atoms with van der Waals surface area (Å²) in [5.74, 6) is 0.0953. The Bertz CT molecular complexity index is 631. The number of hydrogen-bond acceptors (Lipinski definition) is 6. The van der Waals surface area contributed by atoms with Gasteiger partial charge in [-0.1, -0.05) is 0 Å². The van der Waals surface area contributed by atoms with Crippen LogP contribution in [0.3, 0.4) is 0 Å². The molecule has 0 aliphatic heterocycles. The molecule has 0 heterocycles. The van der Waals surface area contributed by atoms with Crippen molar-refractivity contribution in [2.24, 2.45) is 9.98 Å². The topological polar surface area (TPSA) is 91.9 Å². The quantitative estimate of drug-likeness (QED) is 0.463. The van der Waals surface area contributed by atoms with Crippen LogP contribution in [0.1, 0.15) is 16.7 Å². The van der Waals surface area contributed by atoms with Crippen molar-refractivity contribution in [2.45, 2.75) is 20.8 Å². The number of carbonyl (C=O) groups excluding carboxylic acids is 2. The Balaban J connectivity index is 3.81. The number of rotatable bonds is 3. The molecular formula is C12H9N3O3. The maximum atomic E-state index is 10.4. The molecule has 1 rings (SSSR count). The van der Waals surface area contributed by atoms with Crippen molar-refractivity contribution >= 4 is 23.5 Å². The van der Waals surface area contributed by atoms with Gasteiger partial charge in [0.1, 0.15) is 5.69 Å². The molecule has 0 amide bonds. The molecule has 0 aliphatic carbocycles. The van der Waals surface area contributed by atoms with Crippen LogP contribution in [0.15, 0.2) is 9.98 Å². The Morgan fingerprint density at radius 3 is 1.94 bits per heavy atom. The van der Waals surface area contributed by atoms with E-state index in [1.165, 1.54) is 18.4 Å². The second kappa shape index (κ2) is 5.55. The van der Waals surface area contributed by atoms with Gasteiger partial charge in [-0.3, -0.25) is 0 Å². The average Bonchev–Trinajstić information content (AvgIpc) is 2.36. The molecular weight excluding hydrogens is 234 g/mol. The maximum absolute atomic E-state index is 10.4. The van der Waals surface area contributed by atoms with Gasteiger partial charge < -0.3 is 4.74 Å². The van der Waals surface area contributed by atoms with E-state index in [0.29, 0.717) is 22.4 Å². The van der Waals surface area contributed by atoms with Crippen molar-refractivity contribution in [3.63, 3.8) is 0 Å². The van der Waals surface area contributed by atoms with Gasteiger partial charge >= 0.3 is 0 Å². The lowest BCUT2D eigenvalue weighted by molar-refractivity contribution is 0.503. The highest BCUT2D eigenvalue weighted by molar-refractivity contribution is 5.76. The summed E-state index contributed by atoms with van der Waals surface area (Å²) in [6, 6.07) is 0. The van der Waals surface area contributed by atoms with E-state index in [9.17, 15) is 9.59 Å². The minimum atomic E-state index is 0.0953. The van der Waals surface area contributed by atoms with E-state index in [-0.39, 0.29) is 11.4 Å². The fourth-order valence-electron chi connectivity index (χ4n) is 1.66. The van der Waals surface area contributed by atoms with Gasteiger partial charge in [0, 0.05) is 5.56 Å². The molecule has 0 spiro atoms. The molecule has 0 N–H and O–H groups in total. The smallest absolute Gasteiger partial charge is 0.292 e. The van der Waals surface area contributed by atoms with E-state index in [4.69, 9.17) is 10.00 Å². The predicted octanol–water partition coefficient (Wildman–Crippen LogP) is 2.41. The normalized spacial score (nSPS) is 8.78. The zero-order valence-electron chi connectivity index (χ0n) is 10.1. The van der Waals surface area contributed by atoms with Crippen LogP contribution in [0, 0.1) is 32.3 Å². The van der Waals surface area contributed by atoms with Gasteiger partial charge in [-0.15, -0.1) is 5.26 Å². The molecule has 1 aromatic rings. The summed E-state index contributed by atoms with van der Waals surface area (Å²) in [6.07, 6.45) is 4.36. The fourth-order valence-corrected chi connectivity index (χ4v) is 1.66. The monoisotopic (exact) mass is 243 g/mol. The lowest BCUT2D eigenvalue weighted by Gasteiger charge is -2.13. The summed E-state index contributed by atoms with van der Waals surface area (Å²) in [5.41, 5.74) is 2.26. The van der Waals surface area contributed by atoms with Gasteiger partial charge in [0.15, 0.2) is 5.75 Å². The first-order chi connectivity index (χ1) is 8.58. The van der Waals surface area contributed by atoms with E-state index in [0.717, 1.165) is 0 Å². The van der Waals surface area contributed by atoms with Gasteiger partial charge in [-0.05, 0) is 31.9 Å². The first-order valence-corrected chi connectivity index (χ1v) is 4.93. The standard InChI is InChI=1S/C12H9N3O3/c1-7-8(2)11(15-6-17)12(18-4-13)9(3)10(7)14-5-16/h1-3H3. The zero-order chi connectivity index (χ0) is 13.7. The molecule has 6 heteroatoms. The van der Waals surface area contributed by atoms with E-state index >= 15 is 0 Å². The number of hydrogen-bond donors (Lipinski definition) is 0. The molecule has 0 radical (unpaired) electrons. The minimum absolute atomic E-state index is 0.0953. The SMILES string of the molecule is Cc1c(C)c(N=C=O)c(OC#N)c(C)c1N=C=O. The molecule has 1 aromatic carbocycles. The van der Waals surface area contributed by atoms with Crippen molar-refractivity contribution in [3.8, 4) is 12.0 Å². The Kier molecular flexibility index (Phi) is 4.11. The van der Waals surface area contributed by atoms with E-state index in [1.54, 1.807) is 20.8 Å². The number of isocyanates is 2. The van der Waals surface area contributed by atoms with E-state index in [2.05, 4.69) is 9.98 Å². The third-order valence-corrected chi connectivity index (χ3v) is 2.65. The number of nitriles is 1. The van der Waals surface area contributed by atoms with E-state index in [1.807, 2.05) is 0 Å². The molecule has 0 saturated heterocycles. The van der Waals surface area contributed by atoms with Crippen LogP contribution in [-0.4, -0.2) is 12.2 Å². The maximum Gasteiger partial charge on any atom is 0.292 e. The Morgan fingerprint density at radius 1 is 0.944 bits per heavy atom. The lowest BCUT2D eigenvalue weighted by atomic mass is 10.0. The van der Waals surface area contributed by atoms with Crippen LogP contribution in [0.2, 0.25) is 0 Å². The molecule has 0 saturated carbocycles. The minimum Gasteiger partial charge on any atom is -0.385 e. The molecule has 90 valence electrons.